The standard InChI is InChI=1S/C16H28BrN3O/c1-5-18-15(14-13(17)11-19-20(14)4)16(21-6-2)9-7-8-12(3)10-16/h11-12,15,18H,5-10H2,1-4H3. The highest BCUT2D eigenvalue weighted by molar-refractivity contribution is 9.10. The van der Waals surface area contributed by atoms with Gasteiger partial charge >= 0.3 is 0 Å². The smallest absolute Gasteiger partial charge is 0.0894 e. The van der Waals surface area contributed by atoms with Crippen LogP contribution < -0.4 is 5.32 Å². The van der Waals surface area contributed by atoms with Crippen molar-refractivity contribution in [3.63, 3.8) is 0 Å². The van der Waals surface area contributed by atoms with E-state index >= 15 is 0 Å². The Morgan fingerprint density at radius 2 is 2.33 bits per heavy atom. The lowest BCUT2D eigenvalue weighted by atomic mass is 9.73. The van der Waals surface area contributed by atoms with Crippen LogP contribution in [0.25, 0.3) is 0 Å². The van der Waals surface area contributed by atoms with E-state index in [-0.39, 0.29) is 11.6 Å². The summed E-state index contributed by atoms with van der Waals surface area (Å²) in [7, 11) is 2.01. The van der Waals surface area contributed by atoms with Gasteiger partial charge in [-0.15, -0.1) is 0 Å². The van der Waals surface area contributed by atoms with Gasteiger partial charge in [-0.25, -0.2) is 0 Å². The summed E-state index contributed by atoms with van der Waals surface area (Å²) < 4.78 is 9.40. The van der Waals surface area contributed by atoms with Crippen molar-refractivity contribution in [1.82, 2.24) is 15.1 Å². The molecule has 4 nitrogen and oxygen atoms in total. The van der Waals surface area contributed by atoms with Crippen LogP contribution in [-0.2, 0) is 11.8 Å². The fourth-order valence-electron chi connectivity index (χ4n) is 3.79. The average molecular weight is 358 g/mol. The molecule has 1 saturated carbocycles. The number of likely N-dealkylation sites (N-methyl/N-ethyl adjacent to an activating group) is 1. The van der Waals surface area contributed by atoms with Gasteiger partial charge < -0.3 is 10.1 Å². The highest BCUT2D eigenvalue weighted by atomic mass is 79.9. The maximum Gasteiger partial charge on any atom is 0.0894 e. The maximum absolute atomic E-state index is 6.36. The lowest BCUT2D eigenvalue weighted by Gasteiger charge is -2.45. The van der Waals surface area contributed by atoms with E-state index in [0.717, 1.165) is 30.5 Å². The Balaban J connectivity index is 2.41. The minimum atomic E-state index is -0.126. The fraction of sp³-hybridized carbons (Fsp3) is 0.812. The molecule has 1 aliphatic rings. The topological polar surface area (TPSA) is 39.1 Å². The van der Waals surface area contributed by atoms with Crippen LogP contribution in [0.4, 0.5) is 0 Å². The first-order valence-electron chi connectivity index (χ1n) is 8.08. The summed E-state index contributed by atoms with van der Waals surface area (Å²) in [6.45, 7) is 8.27. The van der Waals surface area contributed by atoms with Crippen LogP contribution in [-0.4, -0.2) is 28.5 Å². The number of nitrogens with zero attached hydrogens (tertiary/aromatic N) is 2. The number of aryl methyl sites for hydroxylation is 1. The highest BCUT2D eigenvalue weighted by Crippen LogP contribution is 2.44. The SMILES string of the molecule is CCNC(c1c(Br)cnn1C)C1(OCC)CCCC(C)C1. The monoisotopic (exact) mass is 357 g/mol. The van der Waals surface area contributed by atoms with E-state index in [1.54, 1.807) is 0 Å². The van der Waals surface area contributed by atoms with Crippen LogP contribution in [0, 0.1) is 5.92 Å². The third-order valence-electron chi connectivity index (χ3n) is 4.57. The Bertz CT molecular complexity index is 439. The summed E-state index contributed by atoms with van der Waals surface area (Å²) in [4.78, 5) is 0. The molecular formula is C16H28BrN3O. The van der Waals surface area contributed by atoms with Crippen molar-refractivity contribution in [3.8, 4) is 0 Å². The Morgan fingerprint density at radius 3 is 2.86 bits per heavy atom. The molecule has 0 spiro atoms. The second kappa shape index (κ2) is 7.25. The number of halogens is 1. The Labute approximate surface area is 136 Å². The van der Waals surface area contributed by atoms with Gasteiger partial charge in [-0.2, -0.15) is 5.10 Å². The van der Waals surface area contributed by atoms with E-state index < -0.39 is 0 Å². The van der Waals surface area contributed by atoms with Gasteiger partial charge in [-0.3, -0.25) is 4.68 Å². The number of rotatable bonds is 6. The summed E-state index contributed by atoms with van der Waals surface area (Å²) in [6, 6.07) is 0.173. The molecule has 1 aliphatic carbocycles. The van der Waals surface area contributed by atoms with Crippen LogP contribution in [0.1, 0.15) is 58.2 Å². The van der Waals surface area contributed by atoms with E-state index in [2.05, 4.69) is 47.1 Å². The normalized spacial score (nSPS) is 27.8. The zero-order chi connectivity index (χ0) is 15.5. The number of hydrogen-bond acceptors (Lipinski definition) is 3. The summed E-state index contributed by atoms with van der Waals surface area (Å²) in [6.07, 6.45) is 6.64. The molecule has 3 atom stereocenters. The molecule has 0 bridgehead atoms. The quantitative estimate of drug-likeness (QED) is 0.840. The third kappa shape index (κ3) is 3.51. The van der Waals surface area contributed by atoms with Crippen LogP contribution in [0.3, 0.4) is 0 Å². The number of hydrogen-bond donors (Lipinski definition) is 1. The number of ether oxygens (including phenoxy) is 1. The van der Waals surface area contributed by atoms with Crippen LogP contribution in [0.2, 0.25) is 0 Å². The van der Waals surface area contributed by atoms with E-state index in [4.69, 9.17) is 4.74 Å². The predicted octanol–water partition coefficient (Wildman–Crippen LogP) is 3.82. The molecule has 21 heavy (non-hydrogen) atoms. The van der Waals surface area contributed by atoms with Crippen LogP contribution in [0.15, 0.2) is 10.7 Å². The lowest BCUT2D eigenvalue weighted by molar-refractivity contribution is -0.103. The van der Waals surface area contributed by atoms with E-state index in [9.17, 15) is 0 Å². The minimum Gasteiger partial charge on any atom is -0.373 e. The summed E-state index contributed by atoms with van der Waals surface area (Å²) >= 11 is 3.67. The van der Waals surface area contributed by atoms with Crippen molar-refractivity contribution in [1.29, 1.82) is 0 Å². The molecule has 0 radical (unpaired) electrons. The first-order valence-corrected chi connectivity index (χ1v) is 8.88. The van der Waals surface area contributed by atoms with Crippen molar-refractivity contribution in [2.45, 2.75) is 58.1 Å². The molecule has 0 aliphatic heterocycles. The van der Waals surface area contributed by atoms with E-state index in [1.807, 2.05) is 17.9 Å². The minimum absolute atomic E-state index is 0.126. The second-order valence-corrected chi connectivity index (χ2v) is 7.05. The van der Waals surface area contributed by atoms with Gasteiger partial charge in [0.25, 0.3) is 0 Å². The van der Waals surface area contributed by atoms with E-state index in [0.29, 0.717) is 5.92 Å². The molecule has 5 heteroatoms. The second-order valence-electron chi connectivity index (χ2n) is 6.19. The highest BCUT2D eigenvalue weighted by Gasteiger charge is 2.45. The zero-order valence-electron chi connectivity index (χ0n) is 13.7. The molecule has 1 fully saturated rings. The summed E-state index contributed by atoms with van der Waals surface area (Å²) in [5.41, 5.74) is 1.07. The van der Waals surface area contributed by atoms with Gasteiger partial charge in [-0.05, 0) is 48.2 Å². The maximum atomic E-state index is 6.36. The molecule has 0 aromatic carbocycles. The molecule has 2 rings (SSSR count). The van der Waals surface area contributed by atoms with Gasteiger partial charge in [0, 0.05) is 13.7 Å². The first-order chi connectivity index (χ1) is 10.0. The Kier molecular flexibility index (Phi) is 5.86. The summed E-state index contributed by atoms with van der Waals surface area (Å²) in [5, 5.41) is 8.07. The number of nitrogens with one attached hydrogen (secondary N) is 1. The average Bonchev–Trinajstić information content (AvgIpc) is 2.76. The van der Waals surface area contributed by atoms with Crippen LogP contribution in [0.5, 0.6) is 0 Å². The molecule has 1 aromatic heterocycles. The van der Waals surface area contributed by atoms with Gasteiger partial charge in [-0.1, -0.05) is 26.7 Å². The van der Waals surface area contributed by atoms with Crippen molar-refractivity contribution in [2.75, 3.05) is 13.2 Å². The fourth-order valence-corrected chi connectivity index (χ4v) is 4.37. The van der Waals surface area contributed by atoms with Gasteiger partial charge in [0.2, 0.25) is 0 Å². The molecule has 1 heterocycles. The number of aromatic nitrogens is 2. The summed E-state index contributed by atoms with van der Waals surface area (Å²) in [5.74, 6) is 0.707. The Hall–Kier alpha value is -0.390. The van der Waals surface area contributed by atoms with E-state index in [1.165, 1.54) is 18.5 Å². The van der Waals surface area contributed by atoms with Crippen molar-refractivity contribution in [3.05, 3.63) is 16.4 Å². The van der Waals surface area contributed by atoms with Gasteiger partial charge in [0.1, 0.15) is 0 Å². The molecule has 0 amide bonds. The largest absolute Gasteiger partial charge is 0.373 e. The molecular weight excluding hydrogens is 330 g/mol. The Morgan fingerprint density at radius 1 is 1.57 bits per heavy atom. The van der Waals surface area contributed by atoms with Crippen molar-refractivity contribution < 1.29 is 4.74 Å². The van der Waals surface area contributed by atoms with Gasteiger partial charge in [0.05, 0.1) is 28.0 Å². The molecule has 0 saturated heterocycles. The van der Waals surface area contributed by atoms with Gasteiger partial charge in [0.15, 0.2) is 0 Å². The zero-order valence-corrected chi connectivity index (χ0v) is 15.2. The first kappa shape index (κ1) is 17.0. The molecule has 120 valence electrons. The van der Waals surface area contributed by atoms with Crippen LogP contribution >= 0.6 is 15.9 Å². The molecule has 1 N–H and O–H groups in total. The lowest BCUT2D eigenvalue weighted by Crippen LogP contribution is -2.50. The van der Waals surface area contributed by atoms with Crippen molar-refractivity contribution >= 4 is 15.9 Å². The molecule has 1 aromatic rings. The van der Waals surface area contributed by atoms with Crippen molar-refractivity contribution in [2.24, 2.45) is 13.0 Å². The predicted molar refractivity (Wildman–Crippen MR) is 89.3 cm³/mol. The third-order valence-corrected chi connectivity index (χ3v) is 5.18. The molecule has 3 unspecified atom stereocenters.